The van der Waals surface area contributed by atoms with Gasteiger partial charge in [0, 0.05) is 24.8 Å². The predicted octanol–water partition coefficient (Wildman–Crippen LogP) is 2.68. The molecule has 0 N–H and O–H groups in total. The molecule has 1 saturated heterocycles. The summed E-state index contributed by atoms with van der Waals surface area (Å²) in [7, 11) is -2.75. The van der Waals surface area contributed by atoms with Gasteiger partial charge < -0.3 is 14.0 Å². The molecule has 4 rings (SSSR count). The molecule has 0 bridgehead atoms. The molecule has 0 unspecified atom stereocenters. The zero-order chi connectivity index (χ0) is 20.6. The van der Waals surface area contributed by atoms with Gasteiger partial charge in [0.1, 0.15) is 22.9 Å². The Labute approximate surface area is 168 Å². The lowest BCUT2D eigenvalue weighted by atomic mass is 10.3. The van der Waals surface area contributed by atoms with Crippen molar-refractivity contribution in [1.82, 2.24) is 9.38 Å². The Kier molecular flexibility index (Phi) is 5.01. The molecule has 1 aliphatic rings. The third-order valence-electron chi connectivity index (χ3n) is 4.98. The SMILES string of the molecule is COc1ccc(N2CCCC2=O)cc1S(=O)(=O)OCc1c(C)nc2ccccn12. The maximum Gasteiger partial charge on any atom is 0.301 e. The van der Waals surface area contributed by atoms with E-state index in [0.29, 0.717) is 35.7 Å². The molecule has 1 amide bonds. The predicted molar refractivity (Wildman–Crippen MR) is 106 cm³/mol. The molecule has 3 aromatic rings. The van der Waals surface area contributed by atoms with E-state index < -0.39 is 10.1 Å². The molecule has 1 aliphatic heterocycles. The minimum absolute atomic E-state index is 0.0270. The van der Waals surface area contributed by atoms with Gasteiger partial charge >= 0.3 is 10.1 Å². The number of imidazole rings is 1. The highest BCUT2D eigenvalue weighted by Gasteiger charge is 2.27. The highest BCUT2D eigenvalue weighted by Crippen LogP contribution is 2.32. The second-order valence-electron chi connectivity index (χ2n) is 6.77. The number of hydrogen-bond donors (Lipinski definition) is 0. The number of ether oxygens (including phenoxy) is 1. The van der Waals surface area contributed by atoms with Crippen LogP contribution in [0.1, 0.15) is 24.2 Å². The standard InChI is InChI=1S/C20H21N3O5S/c1-14-16(23-10-4-3-6-19(23)21-14)13-28-29(25,26)18-12-15(8-9-17(18)27-2)22-11-5-7-20(22)24/h3-4,6,8-10,12H,5,7,11,13H2,1-2H3. The Balaban J connectivity index is 1.65. The van der Waals surface area contributed by atoms with Crippen LogP contribution in [0.25, 0.3) is 5.65 Å². The number of amides is 1. The molecule has 1 fully saturated rings. The fourth-order valence-corrected chi connectivity index (χ4v) is 4.54. The van der Waals surface area contributed by atoms with Crippen LogP contribution in [-0.4, -0.2) is 37.4 Å². The Hall–Kier alpha value is -2.91. The summed E-state index contributed by atoms with van der Waals surface area (Å²) in [5.74, 6) is 0.135. The number of rotatable bonds is 6. The number of fused-ring (bicyclic) bond motifs is 1. The summed E-state index contributed by atoms with van der Waals surface area (Å²) >= 11 is 0. The molecule has 2 aromatic heterocycles. The second-order valence-corrected chi connectivity index (χ2v) is 8.36. The average molecular weight is 415 g/mol. The van der Waals surface area contributed by atoms with E-state index in [-0.39, 0.29) is 23.2 Å². The molecular weight excluding hydrogens is 394 g/mol. The summed E-state index contributed by atoms with van der Waals surface area (Å²) in [5.41, 5.74) is 2.57. The van der Waals surface area contributed by atoms with Gasteiger partial charge in [0.2, 0.25) is 5.91 Å². The third kappa shape index (κ3) is 3.58. The Bertz CT molecular complexity index is 1190. The summed E-state index contributed by atoms with van der Waals surface area (Å²) in [6, 6.07) is 10.2. The molecule has 1 aromatic carbocycles. The van der Waals surface area contributed by atoms with E-state index in [2.05, 4.69) is 4.98 Å². The lowest BCUT2D eigenvalue weighted by molar-refractivity contribution is -0.117. The van der Waals surface area contributed by atoms with Gasteiger partial charge in [0.05, 0.1) is 18.5 Å². The van der Waals surface area contributed by atoms with Crippen LogP contribution in [-0.2, 0) is 25.7 Å². The van der Waals surface area contributed by atoms with Crippen LogP contribution in [0.3, 0.4) is 0 Å². The van der Waals surface area contributed by atoms with Gasteiger partial charge in [-0.25, -0.2) is 4.98 Å². The van der Waals surface area contributed by atoms with Crippen molar-refractivity contribution in [3.05, 3.63) is 54.0 Å². The Morgan fingerprint density at radius 1 is 1.21 bits per heavy atom. The van der Waals surface area contributed by atoms with Crippen molar-refractivity contribution in [3.8, 4) is 5.75 Å². The quantitative estimate of drug-likeness (QED) is 0.575. The van der Waals surface area contributed by atoms with Crippen molar-refractivity contribution in [3.63, 3.8) is 0 Å². The highest BCUT2D eigenvalue weighted by atomic mass is 32.2. The number of carbonyl (C=O) groups excluding carboxylic acids is 1. The van der Waals surface area contributed by atoms with Crippen LogP contribution >= 0.6 is 0 Å². The first kappa shape index (κ1) is 19.4. The highest BCUT2D eigenvalue weighted by molar-refractivity contribution is 7.86. The lowest BCUT2D eigenvalue weighted by Gasteiger charge is -2.18. The fraction of sp³-hybridized carbons (Fsp3) is 0.300. The molecule has 29 heavy (non-hydrogen) atoms. The number of methoxy groups -OCH3 is 1. The molecule has 0 aliphatic carbocycles. The van der Waals surface area contributed by atoms with Gasteiger partial charge in [-0.15, -0.1) is 0 Å². The van der Waals surface area contributed by atoms with Gasteiger partial charge in [-0.1, -0.05) is 6.07 Å². The lowest BCUT2D eigenvalue weighted by Crippen LogP contribution is -2.24. The number of nitrogens with zero attached hydrogens (tertiary/aromatic N) is 3. The van der Waals surface area contributed by atoms with Crippen LogP contribution in [0, 0.1) is 6.92 Å². The van der Waals surface area contributed by atoms with E-state index in [4.69, 9.17) is 8.92 Å². The summed E-state index contributed by atoms with van der Waals surface area (Å²) in [6.45, 7) is 2.19. The number of hydrogen-bond acceptors (Lipinski definition) is 6. The first-order chi connectivity index (χ1) is 13.9. The van der Waals surface area contributed by atoms with Crippen molar-refractivity contribution in [2.24, 2.45) is 0 Å². The fourth-order valence-electron chi connectivity index (χ4n) is 3.48. The molecular formula is C20H21N3O5S. The van der Waals surface area contributed by atoms with Gasteiger partial charge in [-0.05, 0) is 43.7 Å². The van der Waals surface area contributed by atoms with E-state index >= 15 is 0 Å². The average Bonchev–Trinajstić information content (AvgIpc) is 3.28. The molecule has 0 atom stereocenters. The minimum Gasteiger partial charge on any atom is -0.495 e. The maximum atomic E-state index is 13.0. The number of aromatic nitrogens is 2. The van der Waals surface area contributed by atoms with Gasteiger partial charge in [0.25, 0.3) is 0 Å². The largest absolute Gasteiger partial charge is 0.495 e. The smallest absolute Gasteiger partial charge is 0.301 e. The third-order valence-corrected chi connectivity index (χ3v) is 6.27. The molecule has 152 valence electrons. The number of aryl methyl sites for hydroxylation is 1. The van der Waals surface area contributed by atoms with E-state index in [0.717, 1.165) is 6.42 Å². The number of carbonyl (C=O) groups is 1. The van der Waals surface area contributed by atoms with Crippen molar-refractivity contribution in [1.29, 1.82) is 0 Å². The molecule has 0 saturated carbocycles. The summed E-state index contributed by atoms with van der Waals surface area (Å²) in [4.78, 5) is 17.9. The van der Waals surface area contributed by atoms with Crippen LogP contribution < -0.4 is 9.64 Å². The Morgan fingerprint density at radius 3 is 2.76 bits per heavy atom. The van der Waals surface area contributed by atoms with E-state index in [1.165, 1.54) is 19.2 Å². The van der Waals surface area contributed by atoms with Crippen molar-refractivity contribution >= 4 is 27.4 Å². The van der Waals surface area contributed by atoms with Crippen LogP contribution in [0.15, 0.2) is 47.5 Å². The van der Waals surface area contributed by atoms with Crippen molar-refractivity contribution in [2.45, 2.75) is 31.3 Å². The minimum atomic E-state index is -4.14. The van der Waals surface area contributed by atoms with Crippen molar-refractivity contribution in [2.75, 3.05) is 18.6 Å². The zero-order valence-electron chi connectivity index (χ0n) is 16.2. The molecule has 0 radical (unpaired) electrons. The maximum absolute atomic E-state index is 13.0. The molecule has 3 heterocycles. The van der Waals surface area contributed by atoms with Crippen LogP contribution in [0.4, 0.5) is 5.69 Å². The monoisotopic (exact) mass is 415 g/mol. The van der Waals surface area contributed by atoms with E-state index in [1.807, 2.05) is 18.2 Å². The summed E-state index contributed by atoms with van der Waals surface area (Å²) in [5, 5.41) is 0. The molecule has 9 heteroatoms. The molecule has 0 spiro atoms. The van der Waals surface area contributed by atoms with Gasteiger partial charge in [0.15, 0.2) is 0 Å². The summed E-state index contributed by atoms with van der Waals surface area (Å²) < 4.78 is 38.3. The van der Waals surface area contributed by atoms with Crippen LogP contribution in [0.2, 0.25) is 0 Å². The second kappa shape index (κ2) is 7.49. The normalized spacial score (nSPS) is 14.7. The topological polar surface area (TPSA) is 90.2 Å². The van der Waals surface area contributed by atoms with Gasteiger partial charge in [-0.3, -0.25) is 8.98 Å². The molecule has 8 nitrogen and oxygen atoms in total. The van der Waals surface area contributed by atoms with E-state index in [9.17, 15) is 13.2 Å². The van der Waals surface area contributed by atoms with Crippen molar-refractivity contribution < 1.29 is 22.1 Å². The van der Waals surface area contributed by atoms with Crippen LogP contribution in [0.5, 0.6) is 5.75 Å². The number of anilines is 1. The zero-order valence-corrected chi connectivity index (χ0v) is 17.0. The number of benzene rings is 1. The Morgan fingerprint density at radius 2 is 2.03 bits per heavy atom. The summed E-state index contributed by atoms with van der Waals surface area (Å²) in [6.07, 6.45) is 3.01. The first-order valence-electron chi connectivity index (χ1n) is 9.21. The van der Waals surface area contributed by atoms with E-state index in [1.54, 1.807) is 28.5 Å². The first-order valence-corrected chi connectivity index (χ1v) is 10.6. The number of pyridine rings is 1. The van der Waals surface area contributed by atoms with Gasteiger partial charge in [-0.2, -0.15) is 8.42 Å².